The molecule has 0 aromatic heterocycles. The molecule has 3 amide bonds. The van der Waals surface area contributed by atoms with Gasteiger partial charge >= 0.3 is 12.2 Å². The average Bonchev–Trinajstić information content (AvgIpc) is 3.13. The molecule has 2 heterocycles. The topological polar surface area (TPSA) is 114 Å². The van der Waals surface area contributed by atoms with Crippen molar-refractivity contribution < 1.29 is 33.4 Å². The lowest BCUT2D eigenvalue weighted by atomic mass is 9.94. The van der Waals surface area contributed by atoms with Crippen molar-refractivity contribution in [3.8, 4) is 0 Å². The van der Waals surface area contributed by atoms with Crippen molar-refractivity contribution in [3.63, 3.8) is 0 Å². The largest absolute Gasteiger partial charge is 0.508 e. The predicted octanol–water partition coefficient (Wildman–Crippen LogP) is 1.42. The SMILES string of the molecule is CCOC(=O)OCC(=O)N1CC2CC2(c2ccc(N3C[C@H](CNC(C)=O)OC3=O)cc2)C1. The molecule has 0 radical (unpaired) electrons. The van der Waals surface area contributed by atoms with E-state index in [2.05, 4.69) is 10.1 Å². The minimum Gasteiger partial charge on any atom is -0.442 e. The molecule has 1 saturated carbocycles. The van der Waals surface area contributed by atoms with E-state index in [4.69, 9.17) is 9.47 Å². The molecule has 10 heteroatoms. The predicted molar refractivity (Wildman–Crippen MR) is 112 cm³/mol. The van der Waals surface area contributed by atoms with Crippen LogP contribution in [0, 0.1) is 5.92 Å². The van der Waals surface area contributed by atoms with Crippen molar-refractivity contribution in [2.75, 3.05) is 44.3 Å². The Morgan fingerprint density at radius 2 is 1.94 bits per heavy atom. The Morgan fingerprint density at radius 1 is 1.19 bits per heavy atom. The van der Waals surface area contributed by atoms with Gasteiger partial charge in [0.2, 0.25) is 5.91 Å². The second-order valence-electron chi connectivity index (χ2n) is 8.40. The van der Waals surface area contributed by atoms with Crippen molar-refractivity contribution in [2.45, 2.75) is 31.8 Å². The normalized spacial score (nSPS) is 25.8. The van der Waals surface area contributed by atoms with Gasteiger partial charge in [0.25, 0.3) is 5.91 Å². The lowest BCUT2D eigenvalue weighted by Crippen LogP contribution is -2.36. The number of likely N-dealkylation sites (tertiary alicyclic amines) is 1. The van der Waals surface area contributed by atoms with Crippen LogP contribution in [-0.4, -0.2) is 74.5 Å². The fraction of sp³-hybridized carbons (Fsp3) is 0.545. The highest BCUT2D eigenvalue weighted by atomic mass is 16.7. The monoisotopic (exact) mass is 445 g/mol. The summed E-state index contributed by atoms with van der Waals surface area (Å²) >= 11 is 0. The van der Waals surface area contributed by atoms with Gasteiger partial charge in [-0.05, 0) is 37.0 Å². The summed E-state index contributed by atoms with van der Waals surface area (Å²) in [6, 6.07) is 7.76. The summed E-state index contributed by atoms with van der Waals surface area (Å²) in [7, 11) is 0. The fourth-order valence-corrected chi connectivity index (χ4v) is 4.56. The number of carbonyl (C=O) groups is 4. The number of anilines is 1. The van der Waals surface area contributed by atoms with E-state index in [0.29, 0.717) is 25.6 Å². The van der Waals surface area contributed by atoms with Gasteiger partial charge < -0.3 is 24.4 Å². The quantitative estimate of drug-likeness (QED) is 0.631. The first-order valence-electron chi connectivity index (χ1n) is 10.7. The summed E-state index contributed by atoms with van der Waals surface area (Å²) in [5.74, 6) is -0.0245. The van der Waals surface area contributed by atoms with E-state index in [1.165, 1.54) is 6.92 Å². The Labute approximate surface area is 185 Å². The first kappa shape index (κ1) is 21.9. The molecule has 3 aliphatic rings. The molecular weight excluding hydrogens is 418 g/mol. The molecule has 1 aromatic rings. The number of hydrogen-bond donors (Lipinski definition) is 1. The van der Waals surface area contributed by atoms with Crippen LogP contribution in [0.25, 0.3) is 0 Å². The zero-order valence-corrected chi connectivity index (χ0v) is 18.2. The summed E-state index contributed by atoms with van der Waals surface area (Å²) in [4.78, 5) is 50.3. The average molecular weight is 445 g/mol. The molecule has 1 aliphatic carbocycles. The number of benzene rings is 1. The van der Waals surface area contributed by atoms with Crippen LogP contribution < -0.4 is 10.2 Å². The first-order valence-corrected chi connectivity index (χ1v) is 10.7. The van der Waals surface area contributed by atoms with Crippen LogP contribution in [0.5, 0.6) is 0 Å². The molecule has 3 fully saturated rings. The number of rotatable bonds is 7. The van der Waals surface area contributed by atoms with E-state index >= 15 is 0 Å². The maximum atomic E-state index is 12.4. The molecule has 2 unspecified atom stereocenters. The minimum atomic E-state index is -0.838. The van der Waals surface area contributed by atoms with Gasteiger partial charge in [0, 0.05) is 31.1 Å². The van der Waals surface area contributed by atoms with Crippen LogP contribution in [0.3, 0.4) is 0 Å². The van der Waals surface area contributed by atoms with Gasteiger partial charge in [-0.2, -0.15) is 0 Å². The smallest absolute Gasteiger partial charge is 0.442 e. The summed E-state index contributed by atoms with van der Waals surface area (Å²) in [5, 5.41) is 2.66. The molecule has 1 aromatic carbocycles. The Morgan fingerprint density at radius 3 is 2.62 bits per heavy atom. The molecule has 32 heavy (non-hydrogen) atoms. The summed E-state index contributed by atoms with van der Waals surface area (Å²) < 4.78 is 14.8. The number of nitrogens with one attached hydrogen (secondary N) is 1. The van der Waals surface area contributed by atoms with Crippen molar-refractivity contribution in [3.05, 3.63) is 29.8 Å². The van der Waals surface area contributed by atoms with E-state index in [-0.39, 0.29) is 43.1 Å². The lowest BCUT2D eigenvalue weighted by Gasteiger charge is -2.22. The number of piperidine rings is 1. The number of hydrogen-bond acceptors (Lipinski definition) is 7. The van der Waals surface area contributed by atoms with Crippen molar-refractivity contribution >= 4 is 29.8 Å². The van der Waals surface area contributed by atoms with Crippen molar-refractivity contribution in [2.24, 2.45) is 5.92 Å². The number of fused-ring (bicyclic) bond motifs is 1. The highest BCUT2D eigenvalue weighted by Gasteiger charge is 2.61. The van der Waals surface area contributed by atoms with Gasteiger partial charge in [-0.25, -0.2) is 9.59 Å². The number of cyclic esters (lactones) is 1. The van der Waals surface area contributed by atoms with E-state index in [1.807, 2.05) is 24.3 Å². The third-order valence-corrected chi connectivity index (χ3v) is 6.28. The first-order chi connectivity index (χ1) is 15.3. The van der Waals surface area contributed by atoms with E-state index in [9.17, 15) is 19.2 Å². The van der Waals surface area contributed by atoms with Gasteiger partial charge in [-0.15, -0.1) is 0 Å². The summed E-state index contributed by atoms with van der Waals surface area (Å²) in [5.41, 5.74) is 1.76. The van der Waals surface area contributed by atoms with Crippen LogP contribution in [0.2, 0.25) is 0 Å². The number of carbonyl (C=O) groups excluding carboxylic acids is 4. The molecule has 3 atom stereocenters. The fourth-order valence-electron chi connectivity index (χ4n) is 4.56. The molecule has 172 valence electrons. The Hall–Kier alpha value is -3.30. The Bertz CT molecular complexity index is 919. The van der Waals surface area contributed by atoms with E-state index < -0.39 is 12.2 Å². The third-order valence-electron chi connectivity index (χ3n) is 6.28. The van der Waals surface area contributed by atoms with Crippen LogP contribution in [0.15, 0.2) is 24.3 Å². The highest BCUT2D eigenvalue weighted by Crippen LogP contribution is 2.59. The molecule has 0 spiro atoms. The van der Waals surface area contributed by atoms with E-state index in [0.717, 1.165) is 17.7 Å². The third kappa shape index (κ3) is 4.35. The van der Waals surface area contributed by atoms with Gasteiger partial charge in [0.1, 0.15) is 6.10 Å². The van der Waals surface area contributed by atoms with E-state index in [1.54, 1.807) is 16.7 Å². The maximum absolute atomic E-state index is 12.4. The molecule has 2 aliphatic heterocycles. The maximum Gasteiger partial charge on any atom is 0.508 e. The van der Waals surface area contributed by atoms with Gasteiger partial charge in [-0.1, -0.05) is 12.1 Å². The van der Waals surface area contributed by atoms with Crippen LogP contribution in [-0.2, 0) is 29.2 Å². The van der Waals surface area contributed by atoms with Gasteiger partial charge in [0.05, 0.1) is 19.7 Å². The Balaban J connectivity index is 1.34. The van der Waals surface area contributed by atoms with Gasteiger partial charge in [-0.3, -0.25) is 14.5 Å². The van der Waals surface area contributed by atoms with Crippen LogP contribution in [0.4, 0.5) is 15.3 Å². The highest BCUT2D eigenvalue weighted by molar-refractivity contribution is 5.90. The lowest BCUT2D eigenvalue weighted by molar-refractivity contribution is -0.134. The molecule has 2 saturated heterocycles. The number of amides is 3. The number of ether oxygens (including phenoxy) is 3. The zero-order valence-electron chi connectivity index (χ0n) is 18.2. The Kier molecular flexibility index (Phi) is 5.94. The van der Waals surface area contributed by atoms with Gasteiger partial charge in [0.15, 0.2) is 6.61 Å². The standard InChI is InChI=1S/C22H27N3O7/c1-3-30-21(29)31-12-19(27)24-10-16-8-22(16,13-24)15-4-6-17(7-5-15)25-11-18(32-20(25)28)9-23-14(2)26/h4-7,16,18H,3,8-13H2,1-2H3,(H,23,26)/t16?,18-,22?/m0/s1. The van der Waals surface area contributed by atoms with Crippen molar-refractivity contribution in [1.29, 1.82) is 0 Å². The van der Waals surface area contributed by atoms with Crippen LogP contribution in [0.1, 0.15) is 25.8 Å². The molecule has 1 N–H and O–H groups in total. The molecule has 0 bridgehead atoms. The molecule has 4 rings (SSSR count). The second kappa shape index (κ2) is 8.68. The summed E-state index contributed by atoms with van der Waals surface area (Å²) in [6.45, 7) is 4.83. The second-order valence-corrected chi connectivity index (χ2v) is 8.40. The molecule has 10 nitrogen and oxygen atoms in total. The number of nitrogens with zero attached hydrogens (tertiary/aromatic N) is 2. The van der Waals surface area contributed by atoms with Crippen molar-refractivity contribution in [1.82, 2.24) is 10.2 Å². The minimum absolute atomic E-state index is 0.0857. The summed E-state index contributed by atoms with van der Waals surface area (Å²) in [6.07, 6.45) is -0.659. The van der Waals surface area contributed by atoms with Crippen LogP contribution >= 0.6 is 0 Å². The molecular formula is C22H27N3O7. The zero-order chi connectivity index (χ0) is 22.9.